The summed E-state index contributed by atoms with van der Waals surface area (Å²) < 4.78 is 6.82. The molecule has 0 aliphatic carbocycles. The highest BCUT2D eigenvalue weighted by atomic mass is 16.5. The van der Waals surface area contributed by atoms with E-state index in [2.05, 4.69) is 16.5 Å². The highest BCUT2D eigenvalue weighted by molar-refractivity contribution is 5.77. The van der Waals surface area contributed by atoms with E-state index >= 15 is 0 Å². The molecule has 0 unspecified atom stereocenters. The predicted octanol–water partition coefficient (Wildman–Crippen LogP) is 1.80. The second-order valence-electron chi connectivity index (χ2n) is 5.92. The summed E-state index contributed by atoms with van der Waals surface area (Å²) in [6.07, 6.45) is 1.37. The number of nitrogens with zero attached hydrogens (tertiary/aromatic N) is 3. The number of nitrogens with one attached hydrogen (secondary N) is 1. The summed E-state index contributed by atoms with van der Waals surface area (Å²) in [5.41, 5.74) is 2.93. The third kappa shape index (κ3) is 6.41. The quantitative estimate of drug-likeness (QED) is 0.695. The summed E-state index contributed by atoms with van der Waals surface area (Å²) in [5, 5.41) is 15.8. The van der Waals surface area contributed by atoms with Crippen LogP contribution in [0.25, 0.3) is 0 Å². The number of nitriles is 1. The average molecular weight is 334 g/mol. The normalized spacial score (nSPS) is 10.5. The molecule has 1 amide bonds. The van der Waals surface area contributed by atoms with Crippen molar-refractivity contribution in [3.63, 3.8) is 0 Å². The van der Waals surface area contributed by atoms with E-state index in [1.807, 2.05) is 18.5 Å². The summed E-state index contributed by atoms with van der Waals surface area (Å²) in [4.78, 5) is 23.3. The largest absolute Gasteiger partial charge is 0.463 e. The standard InChI is InChI=1S/C17H26N4O3/c1-12(2)24-17(23)8-10-19-16(22)7-6-15-13(3)20-21(14(15)4)11-5-9-18/h12H,5-8,10-11H2,1-4H3,(H,19,22). The van der Waals surface area contributed by atoms with Gasteiger partial charge in [-0.1, -0.05) is 0 Å². The van der Waals surface area contributed by atoms with Crippen molar-refractivity contribution in [2.24, 2.45) is 0 Å². The molecule has 0 aromatic carbocycles. The Hall–Kier alpha value is -2.36. The fraction of sp³-hybridized carbons (Fsp3) is 0.647. The van der Waals surface area contributed by atoms with Gasteiger partial charge in [0.1, 0.15) is 0 Å². The third-order valence-corrected chi connectivity index (χ3v) is 3.59. The molecular formula is C17H26N4O3. The van der Waals surface area contributed by atoms with E-state index < -0.39 is 0 Å². The van der Waals surface area contributed by atoms with E-state index in [0.717, 1.165) is 17.0 Å². The summed E-state index contributed by atoms with van der Waals surface area (Å²) in [6.45, 7) is 8.28. The van der Waals surface area contributed by atoms with Crippen LogP contribution in [0.1, 0.15) is 50.1 Å². The Morgan fingerprint density at radius 1 is 1.33 bits per heavy atom. The zero-order chi connectivity index (χ0) is 18.1. The van der Waals surface area contributed by atoms with Crippen LogP contribution in [0.3, 0.4) is 0 Å². The fourth-order valence-electron chi connectivity index (χ4n) is 2.42. The van der Waals surface area contributed by atoms with Gasteiger partial charge < -0.3 is 10.1 Å². The van der Waals surface area contributed by atoms with Gasteiger partial charge >= 0.3 is 5.97 Å². The molecule has 0 aliphatic rings. The second kappa shape index (κ2) is 9.71. The molecule has 0 saturated heterocycles. The molecule has 7 nitrogen and oxygen atoms in total. The van der Waals surface area contributed by atoms with Crippen molar-refractivity contribution in [3.05, 3.63) is 17.0 Å². The van der Waals surface area contributed by atoms with Crippen LogP contribution in [-0.4, -0.2) is 34.3 Å². The monoisotopic (exact) mass is 334 g/mol. The molecule has 1 aromatic heterocycles. The first-order chi connectivity index (χ1) is 11.3. The maximum Gasteiger partial charge on any atom is 0.307 e. The van der Waals surface area contributed by atoms with Crippen molar-refractivity contribution in [1.82, 2.24) is 15.1 Å². The van der Waals surface area contributed by atoms with Crippen molar-refractivity contribution in [1.29, 1.82) is 5.26 Å². The highest BCUT2D eigenvalue weighted by Gasteiger charge is 2.13. The molecule has 1 rings (SSSR count). The first-order valence-corrected chi connectivity index (χ1v) is 8.21. The molecule has 24 heavy (non-hydrogen) atoms. The SMILES string of the molecule is Cc1nn(CCC#N)c(C)c1CCC(=O)NCCC(=O)OC(C)C. The lowest BCUT2D eigenvalue weighted by molar-refractivity contribution is -0.147. The molecule has 7 heteroatoms. The molecular weight excluding hydrogens is 308 g/mol. The summed E-state index contributed by atoms with van der Waals surface area (Å²) in [6, 6.07) is 2.10. The molecule has 1 aromatic rings. The minimum Gasteiger partial charge on any atom is -0.463 e. The molecule has 132 valence electrons. The van der Waals surface area contributed by atoms with Gasteiger partial charge in [0.2, 0.25) is 5.91 Å². The molecule has 0 aliphatic heterocycles. The Kier molecular flexibility index (Phi) is 7.96. The number of aryl methyl sites for hydroxylation is 2. The van der Waals surface area contributed by atoms with E-state index in [-0.39, 0.29) is 30.9 Å². The van der Waals surface area contributed by atoms with E-state index in [1.165, 1.54) is 0 Å². The minimum atomic E-state index is -0.309. The topological polar surface area (TPSA) is 97.0 Å². The zero-order valence-corrected chi connectivity index (χ0v) is 14.9. The van der Waals surface area contributed by atoms with Crippen LogP contribution in [0, 0.1) is 25.2 Å². The smallest absolute Gasteiger partial charge is 0.307 e. The maximum atomic E-state index is 11.9. The van der Waals surface area contributed by atoms with Gasteiger partial charge in [0.25, 0.3) is 0 Å². The Morgan fingerprint density at radius 3 is 2.67 bits per heavy atom. The van der Waals surface area contributed by atoms with Gasteiger partial charge in [-0.25, -0.2) is 0 Å². The Morgan fingerprint density at radius 2 is 2.04 bits per heavy atom. The van der Waals surface area contributed by atoms with E-state index in [1.54, 1.807) is 13.8 Å². The van der Waals surface area contributed by atoms with Crippen molar-refractivity contribution >= 4 is 11.9 Å². The number of ether oxygens (including phenoxy) is 1. The number of esters is 1. The molecule has 0 radical (unpaired) electrons. The van der Waals surface area contributed by atoms with E-state index in [0.29, 0.717) is 25.8 Å². The van der Waals surface area contributed by atoms with E-state index in [9.17, 15) is 9.59 Å². The molecule has 1 N–H and O–H groups in total. The predicted molar refractivity (Wildman–Crippen MR) is 89.1 cm³/mol. The maximum absolute atomic E-state index is 11.9. The van der Waals surface area contributed by atoms with Crippen LogP contribution in [-0.2, 0) is 27.3 Å². The number of amides is 1. The molecule has 0 atom stereocenters. The highest BCUT2D eigenvalue weighted by Crippen LogP contribution is 2.15. The third-order valence-electron chi connectivity index (χ3n) is 3.59. The van der Waals surface area contributed by atoms with Crippen LogP contribution < -0.4 is 5.32 Å². The fourth-order valence-corrected chi connectivity index (χ4v) is 2.42. The van der Waals surface area contributed by atoms with Gasteiger partial charge in [-0.2, -0.15) is 10.4 Å². The van der Waals surface area contributed by atoms with Crippen LogP contribution in [0.4, 0.5) is 0 Å². The van der Waals surface area contributed by atoms with Crippen molar-refractivity contribution in [2.45, 2.75) is 66.0 Å². The Balaban J connectivity index is 2.41. The lowest BCUT2D eigenvalue weighted by atomic mass is 10.1. The number of hydrogen-bond acceptors (Lipinski definition) is 5. The number of carbonyl (C=O) groups excluding carboxylic acids is 2. The van der Waals surface area contributed by atoms with Crippen molar-refractivity contribution in [2.75, 3.05) is 6.54 Å². The summed E-state index contributed by atoms with van der Waals surface area (Å²) in [5.74, 6) is -0.410. The summed E-state index contributed by atoms with van der Waals surface area (Å²) in [7, 11) is 0. The van der Waals surface area contributed by atoms with Crippen molar-refractivity contribution in [3.8, 4) is 6.07 Å². The molecule has 0 saturated carbocycles. The van der Waals surface area contributed by atoms with Gasteiger partial charge in [0.15, 0.2) is 0 Å². The zero-order valence-electron chi connectivity index (χ0n) is 14.9. The first kappa shape index (κ1) is 19.7. The minimum absolute atomic E-state index is 0.101. The number of aromatic nitrogens is 2. The Labute approximate surface area is 143 Å². The lowest BCUT2D eigenvalue weighted by Crippen LogP contribution is -2.27. The number of carbonyl (C=O) groups is 2. The average Bonchev–Trinajstić information content (AvgIpc) is 2.76. The first-order valence-electron chi connectivity index (χ1n) is 8.21. The van der Waals surface area contributed by atoms with E-state index in [4.69, 9.17) is 10.00 Å². The Bertz CT molecular complexity index is 614. The number of hydrogen-bond donors (Lipinski definition) is 1. The van der Waals surface area contributed by atoms with Gasteiger partial charge in [-0.3, -0.25) is 14.3 Å². The van der Waals surface area contributed by atoms with Gasteiger partial charge in [-0.15, -0.1) is 0 Å². The molecule has 1 heterocycles. The van der Waals surface area contributed by atoms with Crippen LogP contribution >= 0.6 is 0 Å². The van der Waals surface area contributed by atoms with Crippen LogP contribution in [0.15, 0.2) is 0 Å². The number of rotatable bonds is 9. The lowest BCUT2D eigenvalue weighted by Gasteiger charge is -2.08. The van der Waals surface area contributed by atoms with Gasteiger partial charge in [-0.05, 0) is 39.7 Å². The van der Waals surface area contributed by atoms with Gasteiger partial charge in [0.05, 0.1) is 37.3 Å². The summed E-state index contributed by atoms with van der Waals surface area (Å²) >= 11 is 0. The van der Waals surface area contributed by atoms with Crippen LogP contribution in [0.5, 0.6) is 0 Å². The van der Waals surface area contributed by atoms with Crippen LogP contribution in [0.2, 0.25) is 0 Å². The second-order valence-corrected chi connectivity index (χ2v) is 5.92. The molecule has 0 fully saturated rings. The van der Waals surface area contributed by atoms with Gasteiger partial charge in [0, 0.05) is 18.7 Å². The molecule has 0 bridgehead atoms. The molecule has 0 spiro atoms. The van der Waals surface area contributed by atoms with Crippen molar-refractivity contribution < 1.29 is 14.3 Å².